The van der Waals surface area contributed by atoms with Gasteiger partial charge in [0.25, 0.3) is 5.95 Å². The summed E-state index contributed by atoms with van der Waals surface area (Å²) in [6.45, 7) is 6.12. The zero-order valence-corrected chi connectivity index (χ0v) is 9.31. The molecule has 2 atom stereocenters. The summed E-state index contributed by atoms with van der Waals surface area (Å²) >= 11 is 0. The number of aromatic nitrogens is 2. The molecular formula is C10H18N4O. The molecule has 1 fully saturated rings. The van der Waals surface area contributed by atoms with Crippen LogP contribution in [0.4, 0.5) is 5.95 Å². The first-order valence-corrected chi connectivity index (χ1v) is 5.51. The third-order valence-electron chi connectivity index (χ3n) is 2.76. The Labute approximate surface area is 89.6 Å². The highest BCUT2D eigenvalue weighted by molar-refractivity contribution is 5.28. The van der Waals surface area contributed by atoms with Gasteiger partial charge in [-0.15, -0.1) is 0 Å². The fraction of sp³-hybridized carbons (Fsp3) is 0.800. The monoisotopic (exact) mass is 210 g/mol. The highest BCUT2D eigenvalue weighted by Crippen LogP contribution is 2.21. The molecule has 1 aromatic heterocycles. The number of nitrogens with two attached hydrogens (primary N) is 1. The summed E-state index contributed by atoms with van der Waals surface area (Å²) in [4.78, 5) is 6.46. The van der Waals surface area contributed by atoms with E-state index in [-0.39, 0.29) is 6.04 Å². The summed E-state index contributed by atoms with van der Waals surface area (Å²) in [5.41, 5.74) is 5.67. The van der Waals surface area contributed by atoms with Crippen molar-refractivity contribution in [2.75, 3.05) is 18.0 Å². The molecule has 5 nitrogen and oxygen atoms in total. The molecule has 1 aliphatic heterocycles. The zero-order chi connectivity index (χ0) is 10.8. The van der Waals surface area contributed by atoms with E-state index in [1.165, 1.54) is 12.8 Å². The number of piperidine rings is 1. The molecule has 0 aromatic carbocycles. The topological polar surface area (TPSA) is 68.2 Å². The van der Waals surface area contributed by atoms with Crippen LogP contribution in [0.1, 0.15) is 38.6 Å². The minimum Gasteiger partial charge on any atom is -0.338 e. The average molecular weight is 210 g/mol. The normalized spacial score (nSPS) is 24.2. The van der Waals surface area contributed by atoms with Crippen molar-refractivity contribution in [3.63, 3.8) is 0 Å². The van der Waals surface area contributed by atoms with Gasteiger partial charge in [0.1, 0.15) is 0 Å². The Kier molecular flexibility index (Phi) is 2.90. The Morgan fingerprint density at radius 1 is 1.60 bits per heavy atom. The predicted octanol–water partition coefficient (Wildman–Crippen LogP) is 1.33. The van der Waals surface area contributed by atoms with Crippen molar-refractivity contribution in [1.82, 2.24) is 10.1 Å². The Bertz CT molecular complexity index is 323. The molecule has 0 bridgehead atoms. The van der Waals surface area contributed by atoms with Crippen LogP contribution in [0.25, 0.3) is 0 Å². The molecule has 15 heavy (non-hydrogen) atoms. The first kappa shape index (κ1) is 10.4. The maximum atomic E-state index is 5.67. The van der Waals surface area contributed by atoms with Crippen molar-refractivity contribution < 1.29 is 4.52 Å². The fourth-order valence-electron chi connectivity index (χ4n) is 1.91. The molecule has 0 aliphatic carbocycles. The molecule has 2 rings (SSSR count). The van der Waals surface area contributed by atoms with Gasteiger partial charge in [-0.1, -0.05) is 6.92 Å². The summed E-state index contributed by atoms with van der Waals surface area (Å²) in [5, 5.41) is 3.96. The standard InChI is InChI=1S/C10H18N4O/c1-7-4-3-5-14(6-7)10-12-9(8(2)11)15-13-10/h7-8H,3-6,11H2,1-2H3/t7-,8+/m0/s1. The quantitative estimate of drug-likeness (QED) is 0.797. The Morgan fingerprint density at radius 3 is 3.00 bits per heavy atom. The SMILES string of the molecule is C[C@H]1CCCN(c2noc([C@@H](C)N)n2)C1. The lowest BCUT2D eigenvalue weighted by Gasteiger charge is -2.29. The zero-order valence-electron chi connectivity index (χ0n) is 9.31. The van der Waals surface area contributed by atoms with Gasteiger partial charge in [0.15, 0.2) is 0 Å². The van der Waals surface area contributed by atoms with Gasteiger partial charge in [-0.3, -0.25) is 0 Å². The van der Waals surface area contributed by atoms with E-state index in [1.54, 1.807) is 0 Å². The molecule has 84 valence electrons. The van der Waals surface area contributed by atoms with Crippen LogP contribution >= 0.6 is 0 Å². The van der Waals surface area contributed by atoms with E-state index in [0.29, 0.717) is 17.8 Å². The second-order valence-electron chi connectivity index (χ2n) is 4.41. The molecule has 0 saturated carbocycles. The van der Waals surface area contributed by atoms with Gasteiger partial charge in [-0.25, -0.2) is 0 Å². The van der Waals surface area contributed by atoms with Crippen LogP contribution in [0.5, 0.6) is 0 Å². The number of anilines is 1. The van der Waals surface area contributed by atoms with Crippen molar-refractivity contribution in [2.45, 2.75) is 32.7 Å². The van der Waals surface area contributed by atoms with Gasteiger partial charge in [0.05, 0.1) is 6.04 Å². The molecule has 5 heteroatoms. The largest absolute Gasteiger partial charge is 0.338 e. The van der Waals surface area contributed by atoms with Gasteiger partial charge in [-0.2, -0.15) is 4.98 Å². The Morgan fingerprint density at radius 2 is 2.40 bits per heavy atom. The molecule has 0 unspecified atom stereocenters. The van der Waals surface area contributed by atoms with Gasteiger partial charge in [-0.05, 0) is 30.8 Å². The summed E-state index contributed by atoms with van der Waals surface area (Å²) in [6, 6.07) is -0.187. The number of hydrogen-bond donors (Lipinski definition) is 1. The molecule has 0 spiro atoms. The Balaban J connectivity index is 2.08. The predicted molar refractivity (Wildman–Crippen MR) is 57.5 cm³/mol. The molecule has 1 aliphatic rings. The molecule has 1 aromatic rings. The van der Waals surface area contributed by atoms with Crippen LogP contribution in [0.3, 0.4) is 0 Å². The first-order chi connectivity index (χ1) is 7.16. The average Bonchev–Trinajstić information content (AvgIpc) is 2.66. The third kappa shape index (κ3) is 2.28. The van der Waals surface area contributed by atoms with Gasteiger partial charge in [0, 0.05) is 13.1 Å². The van der Waals surface area contributed by atoms with Crippen molar-refractivity contribution in [3.05, 3.63) is 5.89 Å². The van der Waals surface area contributed by atoms with Gasteiger partial charge < -0.3 is 15.2 Å². The van der Waals surface area contributed by atoms with Crippen LogP contribution in [0, 0.1) is 5.92 Å². The second kappa shape index (κ2) is 4.18. The summed E-state index contributed by atoms with van der Waals surface area (Å²) < 4.78 is 5.09. The van der Waals surface area contributed by atoms with E-state index in [2.05, 4.69) is 22.0 Å². The second-order valence-corrected chi connectivity index (χ2v) is 4.41. The Hall–Kier alpha value is -1.10. The number of rotatable bonds is 2. The highest BCUT2D eigenvalue weighted by Gasteiger charge is 2.21. The van der Waals surface area contributed by atoms with Crippen LogP contribution in [0.15, 0.2) is 4.52 Å². The van der Waals surface area contributed by atoms with E-state index < -0.39 is 0 Å². The minimum absolute atomic E-state index is 0.187. The lowest BCUT2D eigenvalue weighted by molar-refractivity contribution is 0.358. The highest BCUT2D eigenvalue weighted by atomic mass is 16.5. The van der Waals surface area contributed by atoms with Crippen LogP contribution < -0.4 is 10.6 Å². The van der Waals surface area contributed by atoms with E-state index in [1.807, 2.05) is 6.92 Å². The van der Waals surface area contributed by atoms with E-state index in [4.69, 9.17) is 10.3 Å². The first-order valence-electron chi connectivity index (χ1n) is 5.51. The van der Waals surface area contributed by atoms with E-state index in [9.17, 15) is 0 Å². The number of nitrogens with zero attached hydrogens (tertiary/aromatic N) is 3. The van der Waals surface area contributed by atoms with Crippen LogP contribution in [-0.2, 0) is 0 Å². The summed E-state index contributed by atoms with van der Waals surface area (Å²) in [5.74, 6) is 1.91. The lowest BCUT2D eigenvalue weighted by atomic mass is 10.0. The summed E-state index contributed by atoms with van der Waals surface area (Å²) in [7, 11) is 0. The molecule has 2 N–H and O–H groups in total. The molecule has 0 amide bonds. The van der Waals surface area contributed by atoms with Gasteiger partial charge >= 0.3 is 0 Å². The molecular weight excluding hydrogens is 192 g/mol. The van der Waals surface area contributed by atoms with Crippen molar-refractivity contribution in [1.29, 1.82) is 0 Å². The smallest absolute Gasteiger partial charge is 0.266 e. The molecule has 0 radical (unpaired) electrons. The van der Waals surface area contributed by atoms with Crippen LogP contribution in [0.2, 0.25) is 0 Å². The van der Waals surface area contributed by atoms with E-state index in [0.717, 1.165) is 13.1 Å². The van der Waals surface area contributed by atoms with Crippen molar-refractivity contribution in [2.24, 2.45) is 11.7 Å². The maximum Gasteiger partial charge on any atom is 0.266 e. The third-order valence-corrected chi connectivity index (χ3v) is 2.76. The van der Waals surface area contributed by atoms with Crippen molar-refractivity contribution in [3.8, 4) is 0 Å². The van der Waals surface area contributed by atoms with Crippen molar-refractivity contribution >= 4 is 5.95 Å². The fourth-order valence-corrected chi connectivity index (χ4v) is 1.91. The molecule has 1 saturated heterocycles. The maximum absolute atomic E-state index is 5.67. The lowest BCUT2D eigenvalue weighted by Crippen LogP contribution is -2.34. The summed E-state index contributed by atoms with van der Waals surface area (Å²) in [6.07, 6.45) is 2.48. The molecule has 2 heterocycles. The van der Waals surface area contributed by atoms with E-state index >= 15 is 0 Å². The number of hydrogen-bond acceptors (Lipinski definition) is 5. The van der Waals surface area contributed by atoms with Crippen LogP contribution in [-0.4, -0.2) is 23.2 Å². The van der Waals surface area contributed by atoms with Gasteiger partial charge in [0.2, 0.25) is 5.89 Å². The minimum atomic E-state index is -0.187.